The van der Waals surface area contributed by atoms with Crippen LogP contribution < -0.4 is 11.1 Å². The number of nitrogens with two attached hydrogens (primary N) is 1. The van der Waals surface area contributed by atoms with Crippen LogP contribution >= 0.6 is 27.3 Å². The lowest BCUT2D eigenvalue weighted by Gasteiger charge is -2.15. The topological polar surface area (TPSA) is 58.3 Å². The van der Waals surface area contributed by atoms with Gasteiger partial charge in [-0.25, -0.2) is 0 Å². The Morgan fingerprint density at radius 2 is 2.43 bits per heavy atom. The third kappa shape index (κ3) is 3.33. The van der Waals surface area contributed by atoms with Gasteiger partial charge in [-0.05, 0) is 40.3 Å². The standard InChI is InChI=1S/C9H15BrN2OS/c10-7-2-5-14-9(7)8(6-11)12-3-1-4-13/h2,5,8,12-13H,1,3-4,6,11H2. The highest BCUT2D eigenvalue weighted by Gasteiger charge is 2.12. The lowest BCUT2D eigenvalue weighted by Crippen LogP contribution is -2.28. The maximum Gasteiger partial charge on any atom is 0.0550 e. The second-order valence-corrected chi connectivity index (χ2v) is 4.75. The Morgan fingerprint density at radius 1 is 1.64 bits per heavy atom. The van der Waals surface area contributed by atoms with Crippen LogP contribution in [0.1, 0.15) is 17.3 Å². The van der Waals surface area contributed by atoms with Gasteiger partial charge in [-0.3, -0.25) is 0 Å². The minimum atomic E-state index is 0.191. The number of thiophene rings is 1. The molecule has 0 bridgehead atoms. The monoisotopic (exact) mass is 278 g/mol. The van der Waals surface area contributed by atoms with Gasteiger partial charge in [-0.15, -0.1) is 11.3 Å². The Morgan fingerprint density at radius 3 is 2.93 bits per heavy atom. The van der Waals surface area contributed by atoms with Crippen molar-refractivity contribution in [3.63, 3.8) is 0 Å². The van der Waals surface area contributed by atoms with E-state index in [2.05, 4.69) is 21.2 Å². The van der Waals surface area contributed by atoms with Crippen LogP contribution in [0.2, 0.25) is 0 Å². The first kappa shape index (κ1) is 12.1. The third-order valence-electron chi connectivity index (χ3n) is 1.92. The van der Waals surface area contributed by atoms with Crippen LogP contribution in [0.3, 0.4) is 0 Å². The molecule has 0 aromatic carbocycles. The zero-order valence-electron chi connectivity index (χ0n) is 7.87. The summed E-state index contributed by atoms with van der Waals surface area (Å²) in [6, 6.07) is 2.21. The Kier molecular flexibility index (Phi) is 5.66. The van der Waals surface area contributed by atoms with Gasteiger partial charge in [0, 0.05) is 22.5 Å². The Balaban J connectivity index is 2.50. The Bertz CT molecular complexity index is 267. The summed E-state index contributed by atoms with van der Waals surface area (Å²) in [5, 5.41) is 14.0. The number of halogens is 1. The first-order valence-corrected chi connectivity index (χ1v) is 6.24. The normalized spacial score (nSPS) is 13.1. The molecule has 0 aliphatic heterocycles. The van der Waals surface area contributed by atoms with Crippen molar-refractivity contribution in [1.82, 2.24) is 5.32 Å². The number of nitrogens with one attached hydrogen (secondary N) is 1. The van der Waals surface area contributed by atoms with Gasteiger partial charge >= 0.3 is 0 Å². The maximum absolute atomic E-state index is 8.66. The molecule has 4 N–H and O–H groups in total. The lowest BCUT2D eigenvalue weighted by atomic mass is 10.2. The van der Waals surface area contributed by atoms with Gasteiger partial charge in [0.1, 0.15) is 0 Å². The van der Waals surface area contributed by atoms with Crippen molar-refractivity contribution in [3.05, 3.63) is 20.8 Å². The van der Waals surface area contributed by atoms with Crippen molar-refractivity contribution in [2.24, 2.45) is 5.73 Å². The third-order valence-corrected chi connectivity index (χ3v) is 3.91. The molecule has 1 aromatic rings. The molecule has 80 valence electrons. The summed E-state index contributed by atoms with van der Waals surface area (Å²) < 4.78 is 1.11. The van der Waals surface area contributed by atoms with E-state index in [1.165, 1.54) is 4.88 Å². The summed E-state index contributed by atoms with van der Waals surface area (Å²) in [6.07, 6.45) is 0.763. The van der Waals surface area contributed by atoms with E-state index in [4.69, 9.17) is 10.8 Å². The smallest absolute Gasteiger partial charge is 0.0550 e. The van der Waals surface area contributed by atoms with Crippen LogP contribution in [0.5, 0.6) is 0 Å². The van der Waals surface area contributed by atoms with Crippen molar-refractivity contribution in [3.8, 4) is 0 Å². The molecule has 0 saturated heterocycles. The molecule has 3 nitrogen and oxygen atoms in total. The molecular weight excluding hydrogens is 264 g/mol. The highest BCUT2D eigenvalue weighted by molar-refractivity contribution is 9.10. The summed E-state index contributed by atoms with van der Waals surface area (Å²) in [5.74, 6) is 0. The highest BCUT2D eigenvalue weighted by atomic mass is 79.9. The van der Waals surface area contributed by atoms with E-state index >= 15 is 0 Å². The average Bonchev–Trinajstić information content (AvgIpc) is 2.60. The van der Waals surface area contributed by atoms with Crippen molar-refractivity contribution in [1.29, 1.82) is 0 Å². The highest BCUT2D eigenvalue weighted by Crippen LogP contribution is 2.28. The maximum atomic E-state index is 8.66. The average molecular weight is 279 g/mol. The zero-order chi connectivity index (χ0) is 10.4. The molecule has 0 radical (unpaired) electrons. The van der Waals surface area contributed by atoms with Crippen LogP contribution in [0.15, 0.2) is 15.9 Å². The number of hydrogen-bond acceptors (Lipinski definition) is 4. The number of rotatable bonds is 6. The van der Waals surface area contributed by atoms with E-state index in [1.54, 1.807) is 11.3 Å². The van der Waals surface area contributed by atoms with Crippen LogP contribution in [0.4, 0.5) is 0 Å². The largest absolute Gasteiger partial charge is 0.396 e. The van der Waals surface area contributed by atoms with E-state index in [0.29, 0.717) is 6.54 Å². The van der Waals surface area contributed by atoms with E-state index in [1.807, 2.05) is 11.4 Å². The lowest BCUT2D eigenvalue weighted by molar-refractivity contribution is 0.283. The molecule has 0 aliphatic rings. The van der Waals surface area contributed by atoms with Gasteiger partial charge < -0.3 is 16.2 Å². The zero-order valence-corrected chi connectivity index (χ0v) is 10.3. The van der Waals surface area contributed by atoms with Crippen molar-refractivity contribution < 1.29 is 5.11 Å². The first-order chi connectivity index (χ1) is 6.79. The van der Waals surface area contributed by atoms with Gasteiger partial charge in [0.2, 0.25) is 0 Å². The Hall–Kier alpha value is 0.0600. The second-order valence-electron chi connectivity index (χ2n) is 2.95. The summed E-state index contributed by atoms with van der Waals surface area (Å²) in [6.45, 7) is 1.59. The molecular formula is C9H15BrN2OS. The summed E-state index contributed by atoms with van der Waals surface area (Å²) >= 11 is 5.17. The molecule has 1 atom stereocenters. The molecule has 1 aromatic heterocycles. The predicted molar refractivity (Wildman–Crippen MR) is 63.5 cm³/mol. The molecule has 0 aliphatic carbocycles. The number of aliphatic hydroxyl groups excluding tert-OH is 1. The van der Waals surface area contributed by atoms with Crippen molar-refractivity contribution in [2.75, 3.05) is 19.7 Å². The molecule has 1 rings (SSSR count). The SMILES string of the molecule is NCC(NCCCO)c1sccc1Br. The van der Waals surface area contributed by atoms with Gasteiger partial charge in [-0.2, -0.15) is 0 Å². The fourth-order valence-electron chi connectivity index (χ4n) is 1.19. The van der Waals surface area contributed by atoms with E-state index in [-0.39, 0.29) is 12.6 Å². The fourth-order valence-corrected chi connectivity index (χ4v) is 2.93. The first-order valence-electron chi connectivity index (χ1n) is 4.56. The van der Waals surface area contributed by atoms with E-state index in [0.717, 1.165) is 17.4 Å². The van der Waals surface area contributed by atoms with E-state index < -0.39 is 0 Å². The van der Waals surface area contributed by atoms with E-state index in [9.17, 15) is 0 Å². The minimum absolute atomic E-state index is 0.191. The van der Waals surface area contributed by atoms with Gasteiger partial charge in [-0.1, -0.05) is 0 Å². The summed E-state index contributed by atoms with van der Waals surface area (Å²) in [7, 11) is 0. The number of aliphatic hydroxyl groups is 1. The molecule has 1 heterocycles. The molecule has 0 saturated carbocycles. The fraction of sp³-hybridized carbons (Fsp3) is 0.556. The molecule has 1 unspecified atom stereocenters. The van der Waals surface area contributed by atoms with Gasteiger partial charge in [0.25, 0.3) is 0 Å². The summed E-state index contributed by atoms with van der Waals surface area (Å²) in [4.78, 5) is 1.23. The second kappa shape index (κ2) is 6.53. The minimum Gasteiger partial charge on any atom is -0.396 e. The molecule has 14 heavy (non-hydrogen) atoms. The molecule has 0 spiro atoms. The van der Waals surface area contributed by atoms with Crippen LogP contribution in [-0.2, 0) is 0 Å². The van der Waals surface area contributed by atoms with Crippen molar-refractivity contribution >= 4 is 27.3 Å². The van der Waals surface area contributed by atoms with Crippen LogP contribution in [-0.4, -0.2) is 24.8 Å². The summed E-state index contributed by atoms with van der Waals surface area (Å²) in [5.41, 5.74) is 5.68. The quantitative estimate of drug-likeness (QED) is 0.691. The molecule has 0 amide bonds. The van der Waals surface area contributed by atoms with Crippen LogP contribution in [0, 0.1) is 0 Å². The van der Waals surface area contributed by atoms with Gasteiger partial charge in [0.05, 0.1) is 6.04 Å². The molecule has 0 fully saturated rings. The molecule has 5 heteroatoms. The van der Waals surface area contributed by atoms with Crippen LogP contribution in [0.25, 0.3) is 0 Å². The van der Waals surface area contributed by atoms with Crippen molar-refractivity contribution in [2.45, 2.75) is 12.5 Å². The number of hydrogen-bond donors (Lipinski definition) is 3. The van der Waals surface area contributed by atoms with Gasteiger partial charge in [0.15, 0.2) is 0 Å². The Labute approximate surface area is 96.4 Å². The predicted octanol–water partition coefficient (Wildman–Crippen LogP) is 1.48.